The van der Waals surface area contributed by atoms with Gasteiger partial charge in [-0.05, 0) is 31.1 Å². The van der Waals surface area contributed by atoms with Gasteiger partial charge in [0.2, 0.25) is 0 Å². The Balaban J connectivity index is 2.20. The normalized spacial score (nSPS) is 21.4. The number of alkyl halides is 1. The molecule has 0 aliphatic heterocycles. The van der Waals surface area contributed by atoms with E-state index in [1.54, 1.807) is 0 Å². The van der Waals surface area contributed by atoms with Gasteiger partial charge in [0.05, 0.1) is 0 Å². The molecule has 0 saturated heterocycles. The highest BCUT2D eigenvalue weighted by atomic mass is 35.5. The zero-order valence-corrected chi connectivity index (χ0v) is 6.40. The van der Waals surface area contributed by atoms with Gasteiger partial charge in [0.15, 0.2) is 0 Å². The lowest BCUT2D eigenvalue weighted by Gasteiger charge is -2.07. The van der Waals surface area contributed by atoms with Crippen LogP contribution in [0, 0.1) is 11.8 Å². The molecule has 1 unspecified atom stereocenters. The fourth-order valence-electron chi connectivity index (χ4n) is 1.16. The highest BCUT2D eigenvalue weighted by Gasteiger charge is 2.29. The van der Waals surface area contributed by atoms with Crippen molar-refractivity contribution < 1.29 is 0 Å². The minimum Gasteiger partial charge on any atom is -0.126 e. The van der Waals surface area contributed by atoms with Gasteiger partial charge in [-0.1, -0.05) is 6.08 Å². The van der Waals surface area contributed by atoms with Crippen molar-refractivity contribution in [1.29, 1.82) is 0 Å². The highest BCUT2D eigenvalue weighted by molar-refractivity contribution is 6.18. The average Bonchev–Trinajstić information content (AvgIpc) is 2.64. The number of halogens is 1. The summed E-state index contributed by atoms with van der Waals surface area (Å²) in [4.78, 5) is 0. The third-order valence-electron chi connectivity index (χ3n) is 1.96. The molecule has 0 amide bonds. The maximum absolute atomic E-state index is 5.73. The van der Waals surface area contributed by atoms with E-state index in [1.807, 2.05) is 6.08 Å². The summed E-state index contributed by atoms with van der Waals surface area (Å²) in [6.45, 7) is 3.70. The quantitative estimate of drug-likeness (QED) is 0.421. The van der Waals surface area contributed by atoms with Crippen molar-refractivity contribution in [3.8, 4) is 0 Å². The van der Waals surface area contributed by atoms with Gasteiger partial charge in [-0.3, -0.25) is 0 Å². The van der Waals surface area contributed by atoms with E-state index >= 15 is 0 Å². The summed E-state index contributed by atoms with van der Waals surface area (Å²) in [5.41, 5.74) is 0. The molecule has 1 heteroatoms. The standard InChI is InChI=1S/C8H13Cl/c1-2-3-8(6-9)7-4-5-7/h2,7-8H,1,3-6H2. The SMILES string of the molecule is C=CCC(CCl)C1CC1. The molecule has 0 spiro atoms. The van der Waals surface area contributed by atoms with E-state index < -0.39 is 0 Å². The summed E-state index contributed by atoms with van der Waals surface area (Å²) in [7, 11) is 0. The van der Waals surface area contributed by atoms with Crippen LogP contribution in [0.25, 0.3) is 0 Å². The average molecular weight is 145 g/mol. The van der Waals surface area contributed by atoms with Gasteiger partial charge in [0.25, 0.3) is 0 Å². The molecule has 9 heavy (non-hydrogen) atoms. The Kier molecular flexibility index (Phi) is 2.59. The first-order chi connectivity index (χ1) is 4.38. The van der Waals surface area contributed by atoms with Gasteiger partial charge in [-0.2, -0.15) is 0 Å². The molecule has 0 radical (unpaired) electrons. The predicted molar refractivity (Wildman–Crippen MR) is 41.7 cm³/mol. The molecule has 1 fully saturated rings. The van der Waals surface area contributed by atoms with Crippen LogP contribution >= 0.6 is 11.6 Å². The number of allylic oxidation sites excluding steroid dienone is 1. The number of rotatable bonds is 4. The maximum atomic E-state index is 5.73. The third-order valence-corrected chi connectivity index (χ3v) is 2.35. The van der Waals surface area contributed by atoms with Crippen molar-refractivity contribution in [1.82, 2.24) is 0 Å². The molecule has 1 atom stereocenters. The van der Waals surface area contributed by atoms with E-state index in [2.05, 4.69) is 6.58 Å². The van der Waals surface area contributed by atoms with Crippen LogP contribution < -0.4 is 0 Å². The van der Waals surface area contributed by atoms with Crippen LogP contribution in [-0.4, -0.2) is 5.88 Å². The van der Waals surface area contributed by atoms with E-state index in [4.69, 9.17) is 11.6 Å². The molecule has 0 nitrogen and oxygen atoms in total. The minimum absolute atomic E-state index is 0.726. The van der Waals surface area contributed by atoms with Gasteiger partial charge in [-0.15, -0.1) is 18.2 Å². The van der Waals surface area contributed by atoms with Gasteiger partial charge >= 0.3 is 0 Å². The Labute approximate surface area is 61.9 Å². The van der Waals surface area contributed by atoms with E-state index in [1.165, 1.54) is 12.8 Å². The van der Waals surface area contributed by atoms with E-state index in [9.17, 15) is 0 Å². The fourth-order valence-corrected chi connectivity index (χ4v) is 1.54. The molecule has 0 aromatic rings. The number of hydrogen-bond acceptors (Lipinski definition) is 0. The van der Waals surface area contributed by atoms with Gasteiger partial charge in [-0.25, -0.2) is 0 Å². The second-order valence-corrected chi connectivity index (χ2v) is 3.08. The van der Waals surface area contributed by atoms with Gasteiger partial charge < -0.3 is 0 Å². The summed E-state index contributed by atoms with van der Waals surface area (Å²) in [5.74, 6) is 2.47. The largest absolute Gasteiger partial charge is 0.126 e. The van der Waals surface area contributed by atoms with Crippen LogP contribution in [0.2, 0.25) is 0 Å². The van der Waals surface area contributed by atoms with Gasteiger partial charge in [0, 0.05) is 5.88 Å². The van der Waals surface area contributed by atoms with Crippen LogP contribution in [0.15, 0.2) is 12.7 Å². The smallest absolute Gasteiger partial charge is 0.0257 e. The summed E-state index contributed by atoms with van der Waals surface area (Å²) in [6.07, 6.45) is 5.87. The lowest BCUT2D eigenvalue weighted by atomic mass is 10.0. The Morgan fingerprint density at radius 1 is 1.67 bits per heavy atom. The molecule has 0 heterocycles. The van der Waals surface area contributed by atoms with E-state index in [-0.39, 0.29) is 0 Å². The molecule has 0 N–H and O–H groups in total. The van der Waals surface area contributed by atoms with Crippen LogP contribution in [-0.2, 0) is 0 Å². The molecule has 1 rings (SSSR count). The molecular formula is C8H13Cl. The molecular weight excluding hydrogens is 132 g/mol. The second kappa shape index (κ2) is 3.26. The number of hydrogen-bond donors (Lipinski definition) is 0. The molecule has 0 aromatic heterocycles. The van der Waals surface area contributed by atoms with Gasteiger partial charge in [0.1, 0.15) is 0 Å². The van der Waals surface area contributed by atoms with Crippen molar-refractivity contribution in [2.75, 3.05) is 5.88 Å². The third kappa shape index (κ3) is 2.02. The molecule has 0 bridgehead atoms. The molecule has 1 saturated carbocycles. The van der Waals surface area contributed by atoms with Crippen molar-refractivity contribution in [2.45, 2.75) is 19.3 Å². The van der Waals surface area contributed by atoms with E-state index in [0.29, 0.717) is 0 Å². The van der Waals surface area contributed by atoms with Crippen molar-refractivity contribution in [3.05, 3.63) is 12.7 Å². The predicted octanol–water partition coefficient (Wildman–Crippen LogP) is 2.83. The molecule has 0 aromatic carbocycles. The molecule has 1 aliphatic rings. The first-order valence-corrected chi connectivity index (χ1v) is 4.08. The lowest BCUT2D eigenvalue weighted by Crippen LogP contribution is -2.02. The maximum Gasteiger partial charge on any atom is 0.0257 e. The lowest BCUT2D eigenvalue weighted by molar-refractivity contribution is 0.523. The first-order valence-electron chi connectivity index (χ1n) is 3.55. The summed E-state index contributed by atoms with van der Waals surface area (Å²) in [5, 5.41) is 0. The van der Waals surface area contributed by atoms with Crippen molar-refractivity contribution >= 4 is 11.6 Å². The summed E-state index contributed by atoms with van der Waals surface area (Å²) < 4.78 is 0. The van der Waals surface area contributed by atoms with Crippen LogP contribution in [0.4, 0.5) is 0 Å². The van der Waals surface area contributed by atoms with Crippen LogP contribution in [0.1, 0.15) is 19.3 Å². The summed E-state index contributed by atoms with van der Waals surface area (Å²) >= 11 is 5.73. The Morgan fingerprint density at radius 3 is 2.67 bits per heavy atom. The topological polar surface area (TPSA) is 0 Å². The Hall–Kier alpha value is 0.0300. The molecule has 1 aliphatic carbocycles. The second-order valence-electron chi connectivity index (χ2n) is 2.78. The Bertz CT molecular complexity index is 94.7. The minimum atomic E-state index is 0.726. The Morgan fingerprint density at radius 2 is 2.33 bits per heavy atom. The zero-order chi connectivity index (χ0) is 6.69. The fraction of sp³-hybridized carbons (Fsp3) is 0.750. The van der Waals surface area contributed by atoms with E-state index in [0.717, 1.165) is 24.1 Å². The van der Waals surface area contributed by atoms with Crippen LogP contribution in [0.3, 0.4) is 0 Å². The van der Waals surface area contributed by atoms with Crippen molar-refractivity contribution in [3.63, 3.8) is 0 Å². The van der Waals surface area contributed by atoms with Crippen LogP contribution in [0.5, 0.6) is 0 Å². The first kappa shape index (κ1) is 7.14. The highest BCUT2D eigenvalue weighted by Crippen LogP contribution is 2.39. The van der Waals surface area contributed by atoms with Crippen molar-refractivity contribution in [2.24, 2.45) is 11.8 Å². The molecule has 52 valence electrons. The summed E-state index contributed by atoms with van der Waals surface area (Å²) in [6, 6.07) is 0. The zero-order valence-electron chi connectivity index (χ0n) is 5.65. The monoisotopic (exact) mass is 144 g/mol.